The molecule has 2 aromatic carbocycles. The third kappa shape index (κ3) is 3.35. The van der Waals surface area contributed by atoms with Crippen molar-refractivity contribution in [2.45, 2.75) is 27.7 Å². The molecule has 0 unspecified atom stereocenters. The summed E-state index contributed by atoms with van der Waals surface area (Å²) in [6.45, 7) is 10.0. The van der Waals surface area contributed by atoms with E-state index in [4.69, 9.17) is 18.0 Å². The van der Waals surface area contributed by atoms with Gasteiger partial charge in [-0.25, -0.2) is 0 Å². The summed E-state index contributed by atoms with van der Waals surface area (Å²) >= 11 is 5.15. The van der Waals surface area contributed by atoms with Crippen molar-refractivity contribution in [3.63, 3.8) is 0 Å². The minimum atomic E-state index is 0.239. The van der Waals surface area contributed by atoms with Crippen LogP contribution in [0.5, 0.6) is 0 Å². The maximum Gasteiger partial charge on any atom is 0.104 e. The number of anilines is 1. The third-order valence-corrected chi connectivity index (χ3v) is 4.71. The fourth-order valence-electron chi connectivity index (χ4n) is 2.20. The molecule has 0 spiro atoms. The van der Waals surface area contributed by atoms with Crippen LogP contribution < -0.4 is 11.1 Å². The first kappa shape index (κ1) is 15.8. The molecule has 2 aromatic rings. The first-order chi connectivity index (χ1) is 9.83. The van der Waals surface area contributed by atoms with Gasteiger partial charge in [0.05, 0.1) is 0 Å². The van der Waals surface area contributed by atoms with Gasteiger partial charge in [-0.15, -0.1) is 0 Å². The molecular weight excluding hydrogens is 276 g/mol. The Balaban J connectivity index is 2.38. The van der Waals surface area contributed by atoms with Gasteiger partial charge in [0.25, 0.3) is 0 Å². The van der Waals surface area contributed by atoms with E-state index in [9.17, 15) is 0 Å². The van der Waals surface area contributed by atoms with Crippen molar-refractivity contribution in [1.82, 2.24) is 0 Å². The Kier molecular flexibility index (Phi) is 4.52. The number of rotatable bonds is 5. The lowest BCUT2D eigenvalue weighted by atomic mass is 9.81. The Bertz CT molecular complexity index is 659. The van der Waals surface area contributed by atoms with E-state index in [1.807, 2.05) is 18.2 Å². The highest BCUT2D eigenvalue weighted by Gasteiger charge is 2.22. The second-order valence-electron chi connectivity index (χ2n) is 6.57. The minimum absolute atomic E-state index is 0.239. The van der Waals surface area contributed by atoms with Crippen LogP contribution >= 0.6 is 12.2 Å². The van der Waals surface area contributed by atoms with E-state index in [1.165, 1.54) is 5.39 Å². The summed E-state index contributed by atoms with van der Waals surface area (Å²) in [6, 6.07) is 12.3. The molecule has 0 amide bonds. The topological polar surface area (TPSA) is 38.0 Å². The number of hydrogen-bond acceptors (Lipinski definition) is 2. The normalized spacial score (nSPS) is 11.9. The quantitative estimate of drug-likeness (QED) is 0.794. The van der Waals surface area contributed by atoms with Crippen LogP contribution in [0.25, 0.3) is 10.8 Å². The molecule has 2 rings (SSSR count). The molecule has 3 heteroatoms. The van der Waals surface area contributed by atoms with E-state index in [1.54, 1.807) is 0 Å². The maximum absolute atomic E-state index is 5.82. The number of benzene rings is 2. The van der Waals surface area contributed by atoms with Gasteiger partial charge in [0.15, 0.2) is 0 Å². The highest BCUT2D eigenvalue weighted by Crippen LogP contribution is 2.30. The number of thiocarbonyl (C=S) groups is 1. The third-order valence-electron chi connectivity index (χ3n) is 4.49. The van der Waals surface area contributed by atoms with Gasteiger partial charge in [-0.1, -0.05) is 64.2 Å². The Morgan fingerprint density at radius 3 is 2.33 bits per heavy atom. The number of hydrogen-bond donors (Lipinski definition) is 2. The summed E-state index contributed by atoms with van der Waals surface area (Å²) < 4.78 is 0. The van der Waals surface area contributed by atoms with Crippen LogP contribution in [-0.2, 0) is 0 Å². The number of nitrogens with one attached hydrogen (secondary N) is 1. The zero-order valence-corrected chi connectivity index (χ0v) is 14.1. The molecule has 0 saturated carbocycles. The van der Waals surface area contributed by atoms with Crippen LogP contribution in [0.15, 0.2) is 36.4 Å². The van der Waals surface area contributed by atoms with E-state index in [0.29, 0.717) is 10.9 Å². The monoisotopic (exact) mass is 300 g/mol. The van der Waals surface area contributed by atoms with Crippen molar-refractivity contribution >= 4 is 33.7 Å². The van der Waals surface area contributed by atoms with Gasteiger partial charge in [0.2, 0.25) is 0 Å². The van der Waals surface area contributed by atoms with E-state index < -0.39 is 0 Å². The van der Waals surface area contributed by atoms with E-state index in [-0.39, 0.29) is 5.41 Å². The van der Waals surface area contributed by atoms with Gasteiger partial charge in [-0.05, 0) is 28.9 Å². The standard InChI is InChI=1S/C18H24N2S/c1-12(2)18(3,4)11-20-16-10-9-15(17(19)21)13-7-5-6-8-14(13)16/h5-10,12,20H,11H2,1-4H3,(H2,19,21). The molecule has 0 heterocycles. The molecule has 0 fully saturated rings. The molecule has 2 nitrogen and oxygen atoms in total. The SMILES string of the molecule is CC(C)C(C)(C)CNc1ccc(C(N)=S)c2ccccc12. The average molecular weight is 300 g/mol. The van der Waals surface area contributed by atoms with Crippen LogP contribution in [-0.4, -0.2) is 11.5 Å². The minimum Gasteiger partial charge on any atom is -0.389 e. The Morgan fingerprint density at radius 2 is 1.76 bits per heavy atom. The lowest BCUT2D eigenvalue weighted by Gasteiger charge is -2.30. The van der Waals surface area contributed by atoms with Gasteiger partial charge in [0.1, 0.15) is 4.99 Å². The van der Waals surface area contributed by atoms with Gasteiger partial charge >= 0.3 is 0 Å². The summed E-state index contributed by atoms with van der Waals surface area (Å²) in [4.78, 5) is 0.445. The molecule has 0 bridgehead atoms. The molecule has 0 radical (unpaired) electrons. The van der Waals surface area contributed by atoms with Crippen LogP contribution in [0.3, 0.4) is 0 Å². The molecule has 0 aliphatic rings. The molecule has 3 N–H and O–H groups in total. The molecule has 0 atom stereocenters. The first-order valence-corrected chi connectivity index (χ1v) is 7.79. The van der Waals surface area contributed by atoms with Crippen LogP contribution in [0, 0.1) is 11.3 Å². The molecular formula is C18H24N2S. The van der Waals surface area contributed by atoms with Gasteiger partial charge in [-0.2, -0.15) is 0 Å². The second kappa shape index (κ2) is 6.02. The molecule has 21 heavy (non-hydrogen) atoms. The summed E-state index contributed by atoms with van der Waals surface area (Å²) in [7, 11) is 0. The molecule has 112 valence electrons. The predicted octanol–water partition coefficient (Wildman–Crippen LogP) is 4.57. The van der Waals surface area contributed by atoms with Crippen LogP contribution in [0.2, 0.25) is 0 Å². The highest BCUT2D eigenvalue weighted by molar-refractivity contribution is 7.80. The molecule has 0 saturated heterocycles. The fraction of sp³-hybridized carbons (Fsp3) is 0.389. The lowest BCUT2D eigenvalue weighted by molar-refractivity contribution is 0.270. The zero-order chi connectivity index (χ0) is 15.6. The summed E-state index contributed by atoms with van der Waals surface area (Å²) in [6.07, 6.45) is 0. The number of nitrogens with two attached hydrogens (primary N) is 1. The van der Waals surface area contributed by atoms with Crippen molar-refractivity contribution in [2.24, 2.45) is 17.1 Å². The molecule has 0 aliphatic carbocycles. The van der Waals surface area contributed by atoms with Crippen LogP contribution in [0.1, 0.15) is 33.3 Å². The highest BCUT2D eigenvalue weighted by atomic mass is 32.1. The molecule has 0 aromatic heterocycles. The largest absolute Gasteiger partial charge is 0.389 e. The average Bonchev–Trinajstić information content (AvgIpc) is 2.44. The Morgan fingerprint density at radius 1 is 1.14 bits per heavy atom. The van der Waals surface area contributed by atoms with Crippen LogP contribution in [0.4, 0.5) is 5.69 Å². The van der Waals surface area contributed by atoms with E-state index in [0.717, 1.165) is 23.2 Å². The summed E-state index contributed by atoms with van der Waals surface area (Å²) in [5, 5.41) is 5.87. The summed E-state index contributed by atoms with van der Waals surface area (Å²) in [5.41, 5.74) is 8.14. The smallest absolute Gasteiger partial charge is 0.104 e. The number of fused-ring (bicyclic) bond motifs is 1. The van der Waals surface area contributed by atoms with Crippen molar-refractivity contribution in [3.05, 3.63) is 42.0 Å². The van der Waals surface area contributed by atoms with Crippen molar-refractivity contribution in [3.8, 4) is 0 Å². The summed E-state index contributed by atoms with van der Waals surface area (Å²) in [5.74, 6) is 0.618. The van der Waals surface area contributed by atoms with Gasteiger partial charge in [-0.3, -0.25) is 0 Å². The fourth-order valence-corrected chi connectivity index (χ4v) is 2.37. The predicted molar refractivity (Wildman–Crippen MR) is 96.9 cm³/mol. The molecule has 0 aliphatic heterocycles. The maximum atomic E-state index is 5.82. The van der Waals surface area contributed by atoms with E-state index >= 15 is 0 Å². The van der Waals surface area contributed by atoms with Gasteiger partial charge < -0.3 is 11.1 Å². The lowest BCUT2D eigenvalue weighted by Crippen LogP contribution is -2.28. The Labute approximate surface area is 132 Å². The van der Waals surface area contributed by atoms with Gasteiger partial charge in [0, 0.05) is 23.2 Å². The van der Waals surface area contributed by atoms with Crippen molar-refractivity contribution in [2.75, 3.05) is 11.9 Å². The second-order valence-corrected chi connectivity index (χ2v) is 7.01. The van der Waals surface area contributed by atoms with E-state index in [2.05, 4.69) is 51.2 Å². The first-order valence-electron chi connectivity index (χ1n) is 7.38. The van der Waals surface area contributed by atoms with Crippen molar-refractivity contribution < 1.29 is 0 Å². The zero-order valence-electron chi connectivity index (χ0n) is 13.2. The Hall–Kier alpha value is -1.61. The van der Waals surface area contributed by atoms with Crippen molar-refractivity contribution in [1.29, 1.82) is 0 Å².